The molecule has 0 aliphatic heterocycles. The van der Waals surface area contributed by atoms with Crippen LogP contribution in [0.15, 0.2) is 48.5 Å². The van der Waals surface area contributed by atoms with Gasteiger partial charge in [0.15, 0.2) is 0 Å². The summed E-state index contributed by atoms with van der Waals surface area (Å²) in [6.07, 6.45) is 0. The van der Waals surface area contributed by atoms with Gasteiger partial charge in [-0.05, 0) is 36.6 Å². The first-order valence-corrected chi connectivity index (χ1v) is 8.20. The molecule has 0 radical (unpaired) electrons. The van der Waals surface area contributed by atoms with Gasteiger partial charge in [0, 0.05) is 5.56 Å². The number of anilines is 1. The predicted octanol–water partition coefficient (Wildman–Crippen LogP) is 4.04. The molecule has 0 fully saturated rings. The number of halogens is 1. The average molecular weight is 345 g/mol. The Morgan fingerprint density at radius 2 is 1.62 bits per heavy atom. The SMILES string of the molecule is Cc1ccccc1C(=O)NC(C(=O)Nc1ccccc1Cl)C(C)C. The van der Waals surface area contributed by atoms with Crippen molar-refractivity contribution in [3.05, 3.63) is 64.7 Å². The molecular weight excluding hydrogens is 324 g/mol. The van der Waals surface area contributed by atoms with E-state index in [0.717, 1.165) is 5.56 Å². The van der Waals surface area contributed by atoms with Crippen LogP contribution in [0.25, 0.3) is 0 Å². The lowest BCUT2D eigenvalue weighted by molar-refractivity contribution is -0.118. The lowest BCUT2D eigenvalue weighted by Gasteiger charge is -2.22. The Hall–Kier alpha value is -2.33. The van der Waals surface area contributed by atoms with E-state index in [1.807, 2.05) is 32.9 Å². The topological polar surface area (TPSA) is 58.2 Å². The molecule has 0 aliphatic carbocycles. The van der Waals surface area contributed by atoms with Gasteiger partial charge in [-0.3, -0.25) is 9.59 Å². The van der Waals surface area contributed by atoms with Crippen LogP contribution in [0, 0.1) is 12.8 Å². The number of hydrogen-bond donors (Lipinski definition) is 2. The van der Waals surface area contributed by atoms with E-state index in [0.29, 0.717) is 16.3 Å². The predicted molar refractivity (Wildman–Crippen MR) is 97.4 cm³/mol. The number of carbonyl (C=O) groups is 2. The van der Waals surface area contributed by atoms with Gasteiger partial charge in [0.25, 0.3) is 5.91 Å². The zero-order chi connectivity index (χ0) is 17.7. The van der Waals surface area contributed by atoms with Crippen LogP contribution in [0.5, 0.6) is 0 Å². The molecule has 2 aromatic rings. The molecule has 0 bridgehead atoms. The highest BCUT2D eigenvalue weighted by atomic mass is 35.5. The Balaban J connectivity index is 2.15. The largest absolute Gasteiger partial charge is 0.340 e. The number of hydrogen-bond acceptors (Lipinski definition) is 2. The summed E-state index contributed by atoms with van der Waals surface area (Å²) in [7, 11) is 0. The van der Waals surface area contributed by atoms with Crippen molar-refractivity contribution in [3.63, 3.8) is 0 Å². The molecule has 0 heterocycles. The first kappa shape index (κ1) is 18.0. The molecule has 1 atom stereocenters. The van der Waals surface area contributed by atoms with Crippen molar-refractivity contribution in [3.8, 4) is 0 Å². The minimum atomic E-state index is -0.659. The highest BCUT2D eigenvalue weighted by molar-refractivity contribution is 6.33. The fraction of sp³-hybridized carbons (Fsp3) is 0.263. The van der Waals surface area contributed by atoms with E-state index in [9.17, 15) is 9.59 Å². The van der Waals surface area contributed by atoms with Gasteiger partial charge < -0.3 is 10.6 Å². The quantitative estimate of drug-likeness (QED) is 0.860. The Morgan fingerprint density at radius 3 is 2.25 bits per heavy atom. The molecule has 5 heteroatoms. The second-order valence-electron chi connectivity index (χ2n) is 5.98. The first-order chi connectivity index (χ1) is 11.4. The van der Waals surface area contributed by atoms with Crippen LogP contribution in [-0.4, -0.2) is 17.9 Å². The van der Waals surface area contributed by atoms with Crippen LogP contribution in [0.2, 0.25) is 5.02 Å². The number of amides is 2. The molecule has 2 rings (SSSR count). The van der Waals surface area contributed by atoms with E-state index in [-0.39, 0.29) is 17.7 Å². The summed E-state index contributed by atoms with van der Waals surface area (Å²) in [6, 6.07) is 13.6. The molecule has 0 aromatic heterocycles. The van der Waals surface area contributed by atoms with E-state index in [1.165, 1.54) is 0 Å². The maximum Gasteiger partial charge on any atom is 0.252 e. The summed E-state index contributed by atoms with van der Waals surface area (Å²) in [5.74, 6) is -0.624. The maximum atomic E-state index is 12.6. The molecule has 2 aromatic carbocycles. The summed E-state index contributed by atoms with van der Waals surface area (Å²) < 4.78 is 0. The third-order valence-corrected chi connectivity index (χ3v) is 4.09. The molecule has 24 heavy (non-hydrogen) atoms. The van der Waals surface area contributed by atoms with Gasteiger partial charge in [0.1, 0.15) is 6.04 Å². The van der Waals surface area contributed by atoms with E-state index in [4.69, 9.17) is 11.6 Å². The summed E-state index contributed by atoms with van der Waals surface area (Å²) in [6.45, 7) is 5.63. The Kier molecular flexibility index (Phi) is 5.99. The molecular formula is C19H21ClN2O2. The van der Waals surface area contributed by atoms with E-state index in [2.05, 4.69) is 10.6 Å². The van der Waals surface area contributed by atoms with Gasteiger partial charge in [-0.2, -0.15) is 0 Å². The molecule has 4 nitrogen and oxygen atoms in total. The van der Waals surface area contributed by atoms with Gasteiger partial charge >= 0.3 is 0 Å². The van der Waals surface area contributed by atoms with Crippen LogP contribution in [0.4, 0.5) is 5.69 Å². The van der Waals surface area contributed by atoms with Crippen molar-refractivity contribution >= 4 is 29.1 Å². The Labute approximate surface area is 147 Å². The van der Waals surface area contributed by atoms with E-state index < -0.39 is 6.04 Å². The van der Waals surface area contributed by atoms with Gasteiger partial charge in [-0.25, -0.2) is 0 Å². The van der Waals surface area contributed by atoms with Gasteiger partial charge in [0.05, 0.1) is 10.7 Å². The third kappa shape index (κ3) is 4.36. The number of aryl methyl sites for hydroxylation is 1. The van der Waals surface area contributed by atoms with Crippen LogP contribution in [0.3, 0.4) is 0 Å². The standard InChI is InChI=1S/C19H21ClN2O2/c1-12(2)17(19(24)21-16-11-7-6-10-15(16)20)22-18(23)14-9-5-4-8-13(14)3/h4-12,17H,1-3H3,(H,21,24)(H,22,23). The number of nitrogens with one attached hydrogen (secondary N) is 2. The molecule has 1 unspecified atom stereocenters. The highest BCUT2D eigenvalue weighted by Crippen LogP contribution is 2.21. The lowest BCUT2D eigenvalue weighted by Crippen LogP contribution is -2.47. The van der Waals surface area contributed by atoms with Crippen LogP contribution in [-0.2, 0) is 4.79 Å². The van der Waals surface area contributed by atoms with Gasteiger partial charge in [-0.15, -0.1) is 0 Å². The zero-order valence-corrected chi connectivity index (χ0v) is 14.7. The molecule has 0 saturated carbocycles. The normalized spacial score (nSPS) is 11.9. The van der Waals surface area contributed by atoms with Gasteiger partial charge in [0.2, 0.25) is 5.91 Å². The van der Waals surface area contributed by atoms with E-state index in [1.54, 1.807) is 36.4 Å². The number of benzene rings is 2. The second kappa shape index (κ2) is 7.97. The second-order valence-corrected chi connectivity index (χ2v) is 6.39. The average Bonchev–Trinajstić information content (AvgIpc) is 2.54. The monoisotopic (exact) mass is 344 g/mol. The molecule has 0 aliphatic rings. The maximum absolute atomic E-state index is 12.6. The van der Waals surface area contributed by atoms with E-state index >= 15 is 0 Å². The van der Waals surface area contributed by atoms with Crippen molar-refractivity contribution in [2.75, 3.05) is 5.32 Å². The molecule has 0 saturated heterocycles. The third-order valence-electron chi connectivity index (χ3n) is 3.76. The molecule has 126 valence electrons. The van der Waals surface area contributed by atoms with Crippen molar-refractivity contribution in [2.24, 2.45) is 5.92 Å². The Morgan fingerprint density at radius 1 is 1.00 bits per heavy atom. The fourth-order valence-corrected chi connectivity index (χ4v) is 2.54. The number of para-hydroxylation sites is 1. The minimum absolute atomic E-state index is 0.0690. The Bertz CT molecular complexity index is 744. The summed E-state index contributed by atoms with van der Waals surface area (Å²) >= 11 is 6.07. The number of carbonyl (C=O) groups excluding carboxylic acids is 2. The molecule has 2 N–H and O–H groups in total. The lowest BCUT2D eigenvalue weighted by atomic mass is 10.0. The van der Waals surface area contributed by atoms with Crippen LogP contribution in [0.1, 0.15) is 29.8 Å². The fourth-order valence-electron chi connectivity index (χ4n) is 2.35. The summed E-state index contributed by atoms with van der Waals surface area (Å²) in [4.78, 5) is 25.1. The minimum Gasteiger partial charge on any atom is -0.340 e. The van der Waals surface area contributed by atoms with Crippen molar-refractivity contribution in [1.29, 1.82) is 0 Å². The first-order valence-electron chi connectivity index (χ1n) is 7.82. The highest BCUT2D eigenvalue weighted by Gasteiger charge is 2.25. The van der Waals surface area contributed by atoms with Gasteiger partial charge in [-0.1, -0.05) is 55.8 Å². The number of rotatable bonds is 5. The van der Waals surface area contributed by atoms with Crippen LogP contribution >= 0.6 is 11.6 Å². The molecule has 0 spiro atoms. The van der Waals surface area contributed by atoms with Crippen molar-refractivity contribution in [1.82, 2.24) is 5.32 Å². The van der Waals surface area contributed by atoms with Crippen molar-refractivity contribution in [2.45, 2.75) is 26.8 Å². The zero-order valence-electron chi connectivity index (χ0n) is 14.0. The van der Waals surface area contributed by atoms with Crippen molar-refractivity contribution < 1.29 is 9.59 Å². The smallest absolute Gasteiger partial charge is 0.252 e. The summed E-state index contributed by atoms with van der Waals surface area (Å²) in [5.41, 5.74) is 1.96. The molecule has 2 amide bonds. The van der Waals surface area contributed by atoms with Crippen LogP contribution < -0.4 is 10.6 Å². The summed E-state index contributed by atoms with van der Waals surface area (Å²) in [5, 5.41) is 6.05.